The third kappa shape index (κ3) is 6.36. The molecule has 0 aliphatic rings. The maximum atomic E-state index is 12.2. The second-order valence-corrected chi connectivity index (χ2v) is 7.15. The number of ether oxygens (including phenoxy) is 1. The monoisotopic (exact) mass is 353 g/mol. The zero-order valence-electron chi connectivity index (χ0n) is 15.7. The van der Waals surface area contributed by atoms with Gasteiger partial charge in [0.05, 0.1) is 5.56 Å². The van der Waals surface area contributed by atoms with Gasteiger partial charge in [-0.15, -0.1) is 0 Å². The number of carbonyl (C=O) groups is 2. The fraction of sp³-hybridized carbons (Fsp3) is 0.364. The number of hydrogen-bond donors (Lipinski definition) is 1. The zero-order valence-corrected chi connectivity index (χ0v) is 15.7. The molecule has 0 heterocycles. The molecular formula is C22H27NO3. The van der Waals surface area contributed by atoms with Crippen LogP contribution in [0.25, 0.3) is 0 Å². The van der Waals surface area contributed by atoms with Crippen molar-refractivity contribution in [2.24, 2.45) is 0 Å². The van der Waals surface area contributed by atoms with Gasteiger partial charge in [0.1, 0.15) is 5.60 Å². The Balaban J connectivity index is 1.75. The van der Waals surface area contributed by atoms with Crippen LogP contribution in [-0.2, 0) is 4.74 Å². The summed E-state index contributed by atoms with van der Waals surface area (Å²) >= 11 is 0. The molecule has 4 nitrogen and oxygen atoms in total. The van der Waals surface area contributed by atoms with Crippen LogP contribution in [0.1, 0.15) is 60.7 Å². The van der Waals surface area contributed by atoms with E-state index in [4.69, 9.17) is 4.74 Å². The Morgan fingerprint density at radius 3 is 2.08 bits per heavy atom. The van der Waals surface area contributed by atoms with E-state index in [1.807, 2.05) is 57.2 Å². The Bertz CT molecular complexity index is 711. The van der Waals surface area contributed by atoms with Crippen molar-refractivity contribution < 1.29 is 14.3 Å². The van der Waals surface area contributed by atoms with Gasteiger partial charge in [0, 0.05) is 11.6 Å². The van der Waals surface area contributed by atoms with E-state index in [1.165, 1.54) is 0 Å². The molecule has 0 aliphatic carbocycles. The number of rotatable bonds is 8. The summed E-state index contributed by atoms with van der Waals surface area (Å²) in [6, 6.07) is 18.3. The van der Waals surface area contributed by atoms with Crippen LogP contribution in [0.2, 0.25) is 0 Å². The van der Waals surface area contributed by atoms with Crippen molar-refractivity contribution in [3.05, 3.63) is 71.8 Å². The van der Waals surface area contributed by atoms with E-state index in [0.717, 1.165) is 19.3 Å². The number of benzene rings is 2. The predicted octanol–water partition coefficient (Wildman–Crippen LogP) is 4.61. The highest BCUT2D eigenvalue weighted by Crippen LogP contribution is 2.20. The summed E-state index contributed by atoms with van der Waals surface area (Å²) in [5.74, 6) is -0.367. The van der Waals surface area contributed by atoms with Crippen LogP contribution < -0.4 is 5.32 Å². The second-order valence-electron chi connectivity index (χ2n) is 7.15. The van der Waals surface area contributed by atoms with Gasteiger partial charge in [-0.3, -0.25) is 4.79 Å². The smallest absolute Gasteiger partial charge is 0.338 e. The molecule has 1 N–H and O–H groups in total. The summed E-state index contributed by atoms with van der Waals surface area (Å²) in [6.07, 6.45) is 2.41. The van der Waals surface area contributed by atoms with E-state index in [-0.39, 0.29) is 17.9 Å². The highest BCUT2D eigenvalue weighted by atomic mass is 16.6. The second kappa shape index (κ2) is 9.18. The van der Waals surface area contributed by atoms with Gasteiger partial charge in [0.25, 0.3) is 5.91 Å². The van der Waals surface area contributed by atoms with Crippen molar-refractivity contribution in [3.8, 4) is 0 Å². The molecule has 138 valence electrons. The molecule has 0 fully saturated rings. The number of carbonyl (C=O) groups excluding carboxylic acids is 2. The van der Waals surface area contributed by atoms with Gasteiger partial charge in [0.15, 0.2) is 0 Å². The molecule has 1 unspecified atom stereocenters. The largest absolute Gasteiger partial charge is 0.456 e. The van der Waals surface area contributed by atoms with Crippen molar-refractivity contribution in [1.29, 1.82) is 0 Å². The summed E-state index contributed by atoms with van der Waals surface area (Å²) in [6.45, 7) is 5.83. The van der Waals surface area contributed by atoms with Crippen molar-refractivity contribution in [1.82, 2.24) is 5.32 Å². The third-order valence-corrected chi connectivity index (χ3v) is 4.21. The summed E-state index contributed by atoms with van der Waals surface area (Å²) in [5.41, 5.74) is 0.677. The number of esters is 1. The summed E-state index contributed by atoms with van der Waals surface area (Å²) in [4.78, 5) is 24.3. The standard InChI is InChI=1S/C22H27NO3/c1-17(23-20(24)18-12-6-4-7-13-18)11-10-16-22(2,3)26-21(25)19-14-8-5-9-15-19/h4-9,12-15,17H,10-11,16H2,1-3H3,(H,23,24). The predicted molar refractivity (Wildman–Crippen MR) is 103 cm³/mol. The Morgan fingerprint density at radius 2 is 1.50 bits per heavy atom. The molecule has 2 aromatic carbocycles. The minimum atomic E-state index is -0.546. The van der Waals surface area contributed by atoms with E-state index < -0.39 is 5.60 Å². The molecule has 4 heteroatoms. The minimum Gasteiger partial charge on any atom is -0.456 e. The van der Waals surface area contributed by atoms with E-state index in [9.17, 15) is 9.59 Å². The minimum absolute atomic E-state index is 0.0586. The van der Waals surface area contributed by atoms with Crippen LogP contribution in [0, 0.1) is 0 Å². The van der Waals surface area contributed by atoms with Crippen LogP contribution in [0.15, 0.2) is 60.7 Å². The summed E-state index contributed by atoms with van der Waals surface area (Å²) in [5, 5.41) is 3.00. The molecule has 0 spiro atoms. The molecule has 2 aromatic rings. The highest BCUT2D eigenvalue weighted by molar-refractivity contribution is 5.94. The van der Waals surface area contributed by atoms with E-state index >= 15 is 0 Å². The molecule has 0 aromatic heterocycles. The third-order valence-electron chi connectivity index (χ3n) is 4.21. The first-order valence-electron chi connectivity index (χ1n) is 9.02. The Labute approximate surface area is 155 Å². The van der Waals surface area contributed by atoms with Crippen LogP contribution in [0.5, 0.6) is 0 Å². The molecule has 0 saturated heterocycles. The molecule has 0 saturated carbocycles. The molecule has 26 heavy (non-hydrogen) atoms. The Morgan fingerprint density at radius 1 is 0.962 bits per heavy atom. The molecule has 1 atom stereocenters. The van der Waals surface area contributed by atoms with E-state index in [1.54, 1.807) is 24.3 Å². The van der Waals surface area contributed by atoms with Crippen molar-refractivity contribution in [2.45, 2.75) is 51.7 Å². The van der Waals surface area contributed by atoms with Crippen LogP contribution in [0.4, 0.5) is 0 Å². The first kappa shape index (κ1) is 19.7. The first-order chi connectivity index (χ1) is 12.4. The van der Waals surface area contributed by atoms with Gasteiger partial charge in [-0.25, -0.2) is 4.79 Å². The average Bonchev–Trinajstić information content (AvgIpc) is 2.62. The van der Waals surface area contributed by atoms with Crippen molar-refractivity contribution in [3.63, 3.8) is 0 Å². The number of hydrogen-bond acceptors (Lipinski definition) is 3. The van der Waals surface area contributed by atoms with Gasteiger partial charge < -0.3 is 10.1 Å². The number of amides is 1. The highest BCUT2D eigenvalue weighted by Gasteiger charge is 2.23. The molecular weight excluding hydrogens is 326 g/mol. The average molecular weight is 353 g/mol. The van der Waals surface area contributed by atoms with Crippen LogP contribution in [0.3, 0.4) is 0 Å². The lowest BCUT2D eigenvalue weighted by molar-refractivity contribution is -0.00559. The molecule has 0 radical (unpaired) electrons. The maximum absolute atomic E-state index is 12.2. The summed E-state index contributed by atoms with van der Waals surface area (Å²) < 4.78 is 5.63. The van der Waals surface area contributed by atoms with Crippen LogP contribution in [-0.4, -0.2) is 23.5 Å². The van der Waals surface area contributed by atoms with Gasteiger partial charge >= 0.3 is 5.97 Å². The lowest BCUT2D eigenvalue weighted by atomic mass is 9.99. The van der Waals surface area contributed by atoms with Gasteiger partial charge in [-0.2, -0.15) is 0 Å². The Hall–Kier alpha value is -2.62. The molecule has 1 amide bonds. The fourth-order valence-corrected chi connectivity index (χ4v) is 2.74. The normalized spacial score (nSPS) is 12.3. The quantitative estimate of drug-likeness (QED) is 0.705. The lowest BCUT2D eigenvalue weighted by Crippen LogP contribution is -2.33. The maximum Gasteiger partial charge on any atom is 0.338 e. The molecule has 0 aliphatic heterocycles. The summed E-state index contributed by atoms with van der Waals surface area (Å²) in [7, 11) is 0. The first-order valence-corrected chi connectivity index (χ1v) is 9.02. The SMILES string of the molecule is CC(CCCC(C)(C)OC(=O)c1ccccc1)NC(=O)c1ccccc1. The van der Waals surface area contributed by atoms with E-state index in [0.29, 0.717) is 11.1 Å². The zero-order chi connectivity index (χ0) is 19.0. The van der Waals surface area contributed by atoms with Crippen molar-refractivity contribution >= 4 is 11.9 Å². The Kier molecular flexibility index (Phi) is 6.96. The van der Waals surface area contributed by atoms with Gasteiger partial charge in [0.2, 0.25) is 0 Å². The topological polar surface area (TPSA) is 55.4 Å². The molecule has 2 rings (SSSR count). The van der Waals surface area contributed by atoms with Crippen LogP contribution >= 0.6 is 0 Å². The van der Waals surface area contributed by atoms with E-state index in [2.05, 4.69) is 5.32 Å². The lowest BCUT2D eigenvalue weighted by Gasteiger charge is -2.26. The fourth-order valence-electron chi connectivity index (χ4n) is 2.74. The number of nitrogens with one attached hydrogen (secondary N) is 1. The van der Waals surface area contributed by atoms with Crippen molar-refractivity contribution in [2.75, 3.05) is 0 Å². The molecule has 0 bridgehead atoms. The van der Waals surface area contributed by atoms with Gasteiger partial charge in [-0.05, 0) is 64.3 Å². The van der Waals surface area contributed by atoms with Gasteiger partial charge in [-0.1, -0.05) is 36.4 Å².